The van der Waals surface area contributed by atoms with Crippen LogP contribution in [0.1, 0.15) is 22.3 Å². The van der Waals surface area contributed by atoms with Crippen LogP contribution in [0.25, 0.3) is 0 Å². The molecule has 30 heavy (non-hydrogen) atoms. The molecule has 0 saturated carbocycles. The van der Waals surface area contributed by atoms with Gasteiger partial charge in [0, 0.05) is 38.3 Å². The van der Waals surface area contributed by atoms with Crippen molar-refractivity contribution in [1.29, 1.82) is 0 Å². The number of benzene rings is 2. The van der Waals surface area contributed by atoms with Crippen LogP contribution in [-0.2, 0) is 16.1 Å². The number of carbonyl (C=O) groups excluding carboxylic acids is 2. The topological polar surface area (TPSA) is 79.9 Å². The highest BCUT2D eigenvalue weighted by Crippen LogP contribution is 2.08. The van der Waals surface area contributed by atoms with Crippen molar-refractivity contribution in [2.75, 3.05) is 46.0 Å². The normalized spacial score (nSPS) is 14.1. The van der Waals surface area contributed by atoms with Crippen molar-refractivity contribution in [3.8, 4) is 5.75 Å². The Labute approximate surface area is 177 Å². The zero-order chi connectivity index (χ0) is 21.0. The van der Waals surface area contributed by atoms with Crippen LogP contribution in [0.5, 0.6) is 5.75 Å². The van der Waals surface area contributed by atoms with Gasteiger partial charge in [0.2, 0.25) is 5.91 Å². The maximum atomic E-state index is 12.3. The van der Waals surface area contributed by atoms with Crippen molar-refractivity contribution in [3.05, 3.63) is 65.7 Å². The van der Waals surface area contributed by atoms with Crippen LogP contribution in [0.3, 0.4) is 0 Å². The van der Waals surface area contributed by atoms with Gasteiger partial charge in [0.1, 0.15) is 5.75 Å². The minimum Gasteiger partial charge on any atom is -0.493 e. The third kappa shape index (κ3) is 7.50. The van der Waals surface area contributed by atoms with E-state index in [0.29, 0.717) is 31.7 Å². The van der Waals surface area contributed by atoms with Gasteiger partial charge in [0.05, 0.1) is 26.2 Å². The fourth-order valence-corrected chi connectivity index (χ4v) is 3.10. The lowest BCUT2D eigenvalue weighted by Gasteiger charge is -2.26. The Hall–Kier alpha value is -2.90. The first kappa shape index (κ1) is 21.8. The highest BCUT2D eigenvalue weighted by Gasteiger charge is 2.11. The first-order valence-electron chi connectivity index (χ1n) is 10.3. The molecule has 1 fully saturated rings. The summed E-state index contributed by atoms with van der Waals surface area (Å²) >= 11 is 0. The van der Waals surface area contributed by atoms with Crippen LogP contribution < -0.4 is 15.4 Å². The summed E-state index contributed by atoms with van der Waals surface area (Å²) in [5, 5.41) is 5.82. The van der Waals surface area contributed by atoms with Gasteiger partial charge in [-0.15, -0.1) is 0 Å². The maximum absolute atomic E-state index is 12.3. The summed E-state index contributed by atoms with van der Waals surface area (Å²) in [4.78, 5) is 26.5. The molecule has 2 aromatic rings. The quantitative estimate of drug-likeness (QED) is 0.624. The van der Waals surface area contributed by atoms with Gasteiger partial charge in [-0.1, -0.05) is 30.3 Å². The predicted molar refractivity (Wildman–Crippen MR) is 114 cm³/mol. The molecular weight excluding hydrogens is 382 g/mol. The van der Waals surface area contributed by atoms with Crippen LogP contribution in [0.15, 0.2) is 54.6 Å². The second-order valence-corrected chi connectivity index (χ2v) is 7.10. The van der Waals surface area contributed by atoms with Crippen molar-refractivity contribution >= 4 is 11.8 Å². The van der Waals surface area contributed by atoms with Crippen LogP contribution in [0, 0.1) is 0 Å². The van der Waals surface area contributed by atoms with Gasteiger partial charge in [-0.25, -0.2) is 0 Å². The molecule has 0 atom stereocenters. The number of carbonyl (C=O) groups is 2. The number of morpholine rings is 1. The lowest BCUT2D eigenvalue weighted by atomic mass is 10.1. The van der Waals surface area contributed by atoms with Gasteiger partial charge in [-0.3, -0.25) is 14.5 Å². The summed E-state index contributed by atoms with van der Waals surface area (Å²) in [7, 11) is 0. The number of nitrogens with zero attached hydrogens (tertiary/aromatic N) is 1. The summed E-state index contributed by atoms with van der Waals surface area (Å²) in [5.41, 5.74) is 1.56. The molecule has 0 unspecified atom stereocenters. The molecule has 0 aromatic heterocycles. The summed E-state index contributed by atoms with van der Waals surface area (Å²) in [6.45, 7) is 5.53. The molecule has 2 N–H and O–H groups in total. The predicted octanol–water partition coefficient (Wildman–Crippen LogP) is 1.83. The molecule has 1 heterocycles. The Morgan fingerprint density at radius 3 is 2.43 bits per heavy atom. The molecular formula is C23H29N3O4. The fraction of sp³-hybridized carbons (Fsp3) is 0.391. The van der Waals surface area contributed by atoms with Gasteiger partial charge >= 0.3 is 0 Å². The highest BCUT2D eigenvalue weighted by atomic mass is 16.5. The third-order valence-electron chi connectivity index (χ3n) is 4.86. The number of rotatable bonds is 10. The zero-order valence-electron chi connectivity index (χ0n) is 17.1. The summed E-state index contributed by atoms with van der Waals surface area (Å²) < 4.78 is 10.8. The Morgan fingerprint density at radius 1 is 0.967 bits per heavy atom. The van der Waals surface area contributed by atoms with E-state index in [4.69, 9.17) is 9.47 Å². The number of hydrogen-bond acceptors (Lipinski definition) is 5. The van der Waals surface area contributed by atoms with E-state index in [2.05, 4.69) is 15.5 Å². The SMILES string of the molecule is O=C(CCOc1ccccc1)NCc1ccc(C(=O)NCCN2CCOCC2)cc1. The largest absolute Gasteiger partial charge is 0.493 e. The van der Waals surface area contributed by atoms with Gasteiger partial charge in [-0.2, -0.15) is 0 Å². The van der Waals surface area contributed by atoms with Crippen molar-refractivity contribution < 1.29 is 19.1 Å². The van der Waals surface area contributed by atoms with E-state index in [9.17, 15) is 9.59 Å². The molecule has 2 aromatic carbocycles. The van der Waals surface area contributed by atoms with Crippen LogP contribution >= 0.6 is 0 Å². The van der Waals surface area contributed by atoms with Crippen molar-refractivity contribution in [3.63, 3.8) is 0 Å². The van der Waals surface area contributed by atoms with Crippen molar-refractivity contribution in [2.24, 2.45) is 0 Å². The molecule has 1 saturated heterocycles. The van der Waals surface area contributed by atoms with E-state index >= 15 is 0 Å². The summed E-state index contributed by atoms with van der Waals surface area (Å²) in [6.07, 6.45) is 0.290. The summed E-state index contributed by atoms with van der Waals surface area (Å²) in [6, 6.07) is 16.7. The first-order valence-corrected chi connectivity index (χ1v) is 10.3. The van der Waals surface area contributed by atoms with Gasteiger partial charge < -0.3 is 20.1 Å². The first-order chi connectivity index (χ1) is 14.7. The number of amides is 2. The molecule has 2 amide bonds. The minimum atomic E-state index is -0.0862. The highest BCUT2D eigenvalue weighted by molar-refractivity contribution is 5.94. The van der Waals surface area contributed by atoms with E-state index in [1.54, 1.807) is 12.1 Å². The fourth-order valence-electron chi connectivity index (χ4n) is 3.10. The Kier molecular flexibility index (Phi) is 8.68. The van der Waals surface area contributed by atoms with Gasteiger partial charge in [0.15, 0.2) is 0 Å². The monoisotopic (exact) mass is 411 g/mol. The van der Waals surface area contributed by atoms with Crippen LogP contribution in [0.2, 0.25) is 0 Å². The van der Waals surface area contributed by atoms with E-state index in [-0.39, 0.29) is 11.8 Å². The van der Waals surface area contributed by atoms with E-state index in [1.807, 2.05) is 42.5 Å². The van der Waals surface area contributed by atoms with Crippen molar-refractivity contribution in [1.82, 2.24) is 15.5 Å². The van der Waals surface area contributed by atoms with Crippen LogP contribution in [-0.4, -0.2) is 62.7 Å². The van der Waals surface area contributed by atoms with E-state index in [1.165, 1.54) is 0 Å². The van der Waals surface area contributed by atoms with Gasteiger partial charge in [0.25, 0.3) is 5.91 Å². The maximum Gasteiger partial charge on any atom is 0.251 e. The minimum absolute atomic E-state index is 0.0733. The molecule has 0 radical (unpaired) electrons. The molecule has 1 aliphatic rings. The van der Waals surface area contributed by atoms with E-state index < -0.39 is 0 Å². The Bertz CT molecular complexity index is 790. The second-order valence-electron chi connectivity index (χ2n) is 7.10. The molecule has 0 spiro atoms. The van der Waals surface area contributed by atoms with Gasteiger partial charge in [-0.05, 0) is 29.8 Å². The molecule has 1 aliphatic heterocycles. The summed E-state index contributed by atoms with van der Waals surface area (Å²) in [5.74, 6) is 0.594. The smallest absolute Gasteiger partial charge is 0.251 e. The molecule has 0 bridgehead atoms. The average Bonchev–Trinajstić information content (AvgIpc) is 2.79. The number of hydrogen-bond donors (Lipinski definition) is 2. The molecule has 0 aliphatic carbocycles. The van der Waals surface area contributed by atoms with E-state index in [0.717, 1.165) is 44.2 Å². The Balaban J connectivity index is 1.32. The number of ether oxygens (including phenoxy) is 2. The molecule has 3 rings (SSSR count). The lowest BCUT2D eigenvalue weighted by Crippen LogP contribution is -2.41. The van der Waals surface area contributed by atoms with Crippen LogP contribution in [0.4, 0.5) is 0 Å². The molecule has 7 heteroatoms. The molecule has 7 nitrogen and oxygen atoms in total. The number of para-hydroxylation sites is 1. The number of nitrogens with one attached hydrogen (secondary N) is 2. The molecule has 160 valence electrons. The average molecular weight is 412 g/mol. The third-order valence-corrected chi connectivity index (χ3v) is 4.86. The second kappa shape index (κ2) is 11.9. The standard InChI is InChI=1S/C23H29N3O4/c27-22(10-15-30-21-4-2-1-3-5-21)25-18-19-6-8-20(9-7-19)23(28)24-11-12-26-13-16-29-17-14-26/h1-9H,10-18H2,(H,24,28)(H,25,27). The lowest BCUT2D eigenvalue weighted by molar-refractivity contribution is -0.121. The Morgan fingerprint density at radius 2 is 1.70 bits per heavy atom. The van der Waals surface area contributed by atoms with Crippen molar-refractivity contribution in [2.45, 2.75) is 13.0 Å². The zero-order valence-corrected chi connectivity index (χ0v) is 17.1.